The van der Waals surface area contributed by atoms with Gasteiger partial charge in [0.1, 0.15) is 11.1 Å². The van der Waals surface area contributed by atoms with Crippen molar-refractivity contribution in [2.45, 2.75) is 96.2 Å². The van der Waals surface area contributed by atoms with Crippen LogP contribution in [-0.2, 0) is 6.54 Å². The third-order valence-corrected chi connectivity index (χ3v) is 7.42. The Kier molecular flexibility index (Phi) is 8.72. The molecule has 7 heteroatoms. The molecule has 4 rings (SSSR count). The van der Waals surface area contributed by atoms with Gasteiger partial charge in [0.25, 0.3) is 11.8 Å². The minimum absolute atomic E-state index is 0.0406. The highest BCUT2D eigenvalue weighted by atomic mass is 16.2. The lowest BCUT2D eigenvalue weighted by Gasteiger charge is -2.35. The summed E-state index contributed by atoms with van der Waals surface area (Å²) in [5.41, 5.74) is 0.437. The van der Waals surface area contributed by atoms with Crippen molar-refractivity contribution >= 4 is 11.8 Å². The highest BCUT2D eigenvalue weighted by Crippen LogP contribution is 2.22. The molecule has 1 saturated heterocycles. The lowest BCUT2D eigenvalue weighted by Crippen LogP contribution is -2.46. The fourth-order valence-electron chi connectivity index (χ4n) is 5.43. The molecule has 0 aromatic carbocycles. The van der Waals surface area contributed by atoms with E-state index in [2.05, 4.69) is 17.2 Å². The highest BCUT2D eigenvalue weighted by molar-refractivity contribution is 5.99. The summed E-state index contributed by atoms with van der Waals surface area (Å²) in [6.45, 7) is 3.10. The first-order valence-electron chi connectivity index (χ1n) is 13.3. The third-order valence-electron chi connectivity index (χ3n) is 7.42. The van der Waals surface area contributed by atoms with E-state index in [1.807, 2.05) is 23.1 Å². The van der Waals surface area contributed by atoms with Gasteiger partial charge in [-0.25, -0.2) is 0 Å². The number of rotatable bonds is 6. The van der Waals surface area contributed by atoms with Crippen molar-refractivity contribution in [1.82, 2.24) is 19.8 Å². The Bertz CT molecular complexity index is 1060. The van der Waals surface area contributed by atoms with E-state index in [0.717, 1.165) is 57.1 Å². The van der Waals surface area contributed by atoms with Gasteiger partial charge in [0.2, 0.25) is 5.43 Å². The number of nitrogens with one attached hydrogen (secondary N) is 1. The van der Waals surface area contributed by atoms with E-state index in [0.29, 0.717) is 13.1 Å². The van der Waals surface area contributed by atoms with Crippen LogP contribution in [0.2, 0.25) is 0 Å². The van der Waals surface area contributed by atoms with E-state index in [4.69, 9.17) is 0 Å². The number of hydrogen-bond acceptors (Lipinski definition) is 4. The largest absolute Gasteiger partial charge is 0.349 e. The number of likely N-dealkylation sites (tertiary alicyclic amines) is 1. The summed E-state index contributed by atoms with van der Waals surface area (Å²) < 4.78 is 1.76. The topological polar surface area (TPSA) is 84.3 Å². The minimum atomic E-state index is -0.476. The monoisotopic (exact) mass is 478 g/mol. The number of nitrogens with zero attached hydrogens (tertiary/aromatic N) is 3. The number of amides is 2. The zero-order chi connectivity index (χ0) is 24.6. The lowest BCUT2D eigenvalue weighted by molar-refractivity contribution is 0.0605. The number of carbonyl (C=O) groups is 2. The van der Waals surface area contributed by atoms with E-state index in [9.17, 15) is 14.4 Å². The molecule has 1 unspecified atom stereocenters. The van der Waals surface area contributed by atoms with Crippen LogP contribution < -0.4 is 10.7 Å². The average molecular weight is 479 g/mol. The van der Waals surface area contributed by atoms with E-state index in [1.54, 1.807) is 23.2 Å². The molecule has 188 valence electrons. The molecular formula is C28H38N4O3. The number of pyridine rings is 2. The van der Waals surface area contributed by atoms with Crippen LogP contribution in [0.4, 0.5) is 0 Å². The first-order valence-corrected chi connectivity index (χ1v) is 13.3. The Morgan fingerprint density at radius 2 is 1.69 bits per heavy atom. The molecule has 0 bridgehead atoms. The number of aromatic nitrogens is 2. The molecule has 2 amide bonds. The first-order chi connectivity index (χ1) is 17.1. The normalized spacial score (nSPS) is 19.6. The molecule has 2 aromatic rings. The van der Waals surface area contributed by atoms with Gasteiger partial charge in [-0.1, -0.05) is 45.1 Å². The van der Waals surface area contributed by atoms with E-state index in [1.165, 1.54) is 19.3 Å². The van der Waals surface area contributed by atoms with Gasteiger partial charge in [-0.2, -0.15) is 0 Å². The van der Waals surface area contributed by atoms with Crippen molar-refractivity contribution in [2.24, 2.45) is 0 Å². The van der Waals surface area contributed by atoms with Gasteiger partial charge in [0.15, 0.2) is 0 Å². The van der Waals surface area contributed by atoms with E-state index in [-0.39, 0.29) is 35.0 Å². The minimum Gasteiger partial charge on any atom is -0.349 e. The second-order valence-corrected chi connectivity index (χ2v) is 9.98. The molecule has 1 aliphatic heterocycles. The summed E-state index contributed by atoms with van der Waals surface area (Å²) in [6.07, 6.45) is 16.4. The molecule has 0 spiro atoms. The van der Waals surface area contributed by atoms with Gasteiger partial charge in [0.05, 0.1) is 12.2 Å². The van der Waals surface area contributed by atoms with Crippen LogP contribution in [0.3, 0.4) is 0 Å². The van der Waals surface area contributed by atoms with Gasteiger partial charge < -0.3 is 14.8 Å². The van der Waals surface area contributed by atoms with Crippen molar-refractivity contribution in [3.05, 3.63) is 63.8 Å². The average Bonchev–Trinajstić information content (AvgIpc) is 2.86. The summed E-state index contributed by atoms with van der Waals surface area (Å²) in [6, 6.07) is 5.84. The molecule has 0 radical (unpaired) electrons. The van der Waals surface area contributed by atoms with Crippen LogP contribution >= 0.6 is 0 Å². The highest BCUT2D eigenvalue weighted by Gasteiger charge is 2.30. The van der Waals surface area contributed by atoms with Crippen molar-refractivity contribution < 1.29 is 9.59 Å². The summed E-state index contributed by atoms with van der Waals surface area (Å²) in [7, 11) is 0. The molecule has 35 heavy (non-hydrogen) atoms. The van der Waals surface area contributed by atoms with Gasteiger partial charge in [0, 0.05) is 37.2 Å². The summed E-state index contributed by atoms with van der Waals surface area (Å²) in [5, 5.41) is 3.11. The molecule has 1 N–H and O–H groups in total. The Labute approximate surface area is 207 Å². The number of carbonyl (C=O) groups excluding carboxylic acids is 2. The predicted molar refractivity (Wildman–Crippen MR) is 137 cm³/mol. The third kappa shape index (κ3) is 6.38. The molecule has 3 heterocycles. The SMILES string of the molecule is CCC1CCCCN1C(=O)c1cn(Cc2ccccn2)cc(C(=O)NC2CCCCCCC2)c1=O. The van der Waals surface area contributed by atoms with Crippen LogP contribution in [0.15, 0.2) is 41.6 Å². The molecule has 1 saturated carbocycles. The van der Waals surface area contributed by atoms with E-state index < -0.39 is 5.43 Å². The fraction of sp³-hybridized carbons (Fsp3) is 0.571. The summed E-state index contributed by atoms with van der Waals surface area (Å²) >= 11 is 0. The zero-order valence-corrected chi connectivity index (χ0v) is 20.9. The standard InChI is InChI=1S/C28H38N4O3/c1-2-23-15-9-11-17-32(23)28(35)25-20-31(18-22-14-8-10-16-29-22)19-24(26(25)33)27(34)30-21-12-6-4-3-5-7-13-21/h8,10,14,16,19-21,23H,2-7,9,11-13,15,17-18H2,1H3,(H,30,34). The second kappa shape index (κ2) is 12.1. The first kappa shape index (κ1) is 25.1. The Morgan fingerprint density at radius 3 is 2.40 bits per heavy atom. The molecule has 1 aliphatic carbocycles. The van der Waals surface area contributed by atoms with Crippen molar-refractivity contribution in [2.75, 3.05) is 6.54 Å². The molecule has 2 fully saturated rings. The molecular weight excluding hydrogens is 440 g/mol. The molecule has 7 nitrogen and oxygen atoms in total. The number of hydrogen-bond donors (Lipinski definition) is 1. The maximum atomic E-state index is 13.6. The smallest absolute Gasteiger partial charge is 0.259 e. The Balaban J connectivity index is 1.66. The molecule has 1 atom stereocenters. The van der Waals surface area contributed by atoms with Crippen molar-refractivity contribution in [3.63, 3.8) is 0 Å². The molecule has 2 aromatic heterocycles. The summed E-state index contributed by atoms with van der Waals surface area (Å²) in [5.74, 6) is -0.646. The lowest BCUT2D eigenvalue weighted by atomic mass is 9.96. The van der Waals surface area contributed by atoms with Crippen LogP contribution in [-0.4, -0.2) is 44.9 Å². The second-order valence-electron chi connectivity index (χ2n) is 9.98. The Hall–Kier alpha value is -2.96. The van der Waals surface area contributed by atoms with E-state index >= 15 is 0 Å². The predicted octanol–water partition coefficient (Wildman–Crippen LogP) is 4.54. The van der Waals surface area contributed by atoms with Gasteiger partial charge in [-0.05, 0) is 50.7 Å². The molecule has 2 aliphatic rings. The maximum absolute atomic E-state index is 13.6. The quantitative estimate of drug-likeness (QED) is 0.661. The van der Waals surface area contributed by atoms with Gasteiger partial charge in [-0.3, -0.25) is 19.4 Å². The van der Waals surface area contributed by atoms with Crippen molar-refractivity contribution in [3.8, 4) is 0 Å². The zero-order valence-electron chi connectivity index (χ0n) is 20.9. The van der Waals surface area contributed by atoms with Gasteiger partial charge >= 0.3 is 0 Å². The van der Waals surface area contributed by atoms with Crippen LogP contribution in [0.5, 0.6) is 0 Å². The fourth-order valence-corrected chi connectivity index (χ4v) is 5.43. The number of piperidine rings is 1. The van der Waals surface area contributed by atoms with Crippen LogP contribution in [0, 0.1) is 0 Å². The van der Waals surface area contributed by atoms with Crippen LogP contribution in [0.25, 0.3) is 0 Å². The van der Waals surface area contributed by atoms with Gasteiger partial charge in [-0.15, -0.1) is 0 Å². The maximum Gasteiger partial charge on any atom is 0.259 e. The summed E-state index contributed by atoms with van der Waals surface area (Å²) in [4.78, 5) is 46.7. The Morgan fingerprint density at radius 1 is 0.971 bits per heavy atom. The van der Waals surface area contributed by atoms with Crippen LogP contribution in [0.1, 0.15) is 104 Å². The van der Waals surface area contributed by atoms with Crippen molar-refractivity contribution in [1.29, 1.82) is 0 Å².